The van der Waals surface area contributed by atoms with E-state index in [4.69, 9.17) is 4.74 Å². The van der Waals surface area contributed by atoms with Crippen LogP contribution in [-0.2, 0) is 4.74 Å². The molecule has 0 radical (unpaired) electrons. The first-order valence-electron chi connectivity index (χ1n) is 4.52. The first-order valence-corrected chi connectivity index (χ1v) is 4.52. The molecule has 1 unspecified atom stereocenters. The van der Waals surface area contributed by atoms with Crippen molar-refractivity contribution < 1.29 is 4.74 Å². The van der Waals surface area contributed by atoms with Crippen LogP contribution in [0.3, 0.4) is 0 Å². The molecule has 0 N–H and O–H groups in total. The third kappa shape index (κ3) is 1.18. The van der Waals surface area contributed by atoms with Gasteiger partial charge in [0.2, 0.25) is 0 Å². The standard InChI is InChI=1S/C9H17NO/c1-10-4-3-7-5-9(11-2)8(7)6-10/h7-9H,3-6H2,1-2H3/t7-,8-,9?/m0/s1. The quantitative estimate of drug-likeness (QED) is 0.559. The maximum atomic E-state index is 5.38. The Balaban J connectivity index is 1.91. The van der Waals surface area contributed by atoms with Crippen LogP contribution in [0.25, 0.3) is 0 Å². The zero-order valence-corrected chi connectivity index (χ0v) is 7.42. The number of nitrogens with zero attached hydrogens (tertiary/aromatic N) is 1. The first kappa shape index (κ1) is 7.56. The lowest BCUT2D eigenvalue weighted by Gasteiger charge is -2.49. The van der Waals surface area contributed by atoms with E-state index in [-0.39, 0.29) is 0 Å². The molecule has 2 rings (SSSR count). The fraction of sp³-hybridized carbons (Fsp3) is 1.00. The van der Waals surface area contributed by atoms with Gasteiger partial charge in [-0.1, -0.05) is 0 Å². The summed E-state index contributed by atoms with van der Waals surface area (Å²) >= 11 is 0. The molecule has 0 aromatic carbocycles. The minimum atomic E-state index is 0.572. The van der Waals surface area contributed by atoms with Crippen molar-refractivity contribution in [2.75, 3.05) is 27.2 Å². The molecule has 2 nitrogen and oxygen atoms in total. The number of fused-ring (bicyclic) bond motifs is 1. The van der Waals surface area contributed by atoms with Gasteiger partial charge in [0.1, 0.15) is 0 Å². The van der Waals surface area contributed by atoms with Gasteiger partial charge < -0.3 is 9.64 Å². The van der Waals surface area contributed by atoms with Crippen LogP contribution in [0.4, 0.5) is 0 Å². The van der Waals surface area contributed by atoms with Crippen LogP contribution in [-0.4, -0.2) is 38.3 Å². The predicted molar refractivity (Wildman–Crippen MR) is 44.5 cm³/mol. The van der Waals surface area contributed by atoms with Crippen LogP contribution < -0.4 is 0 Å². The minimum Gasteiger partial charge on any atom is -0.381 e. The molecule has 0 bridgehead atoms. The number of piperidine rings is 1. The fourth-order valence-corrected chi connectivity index (χ4v) is 2.46. The summed E-state index contributed by atoms with van der Waals surface area (Å²) in [5, 5.41) is 0. The highest BCUT2D eigenvalue weighted by molar-refractivity contribution is 4.94. The maximum absolute atomic E-state index is 5.38. The van der Waals surface area contributed by atoms with Crippen molar-refractivity contribution >= 4 is 0 Å². The van der Waals surface area contributed by atoms with E-state index in [1.807, 2.05) is 7.11 Å². The van der Waals surface area contributed by atoms with Crippen molar-refractivity contribution in [3.63, 3.8) is 0 Å². The van der Waals surface area contributed by atoms with Crippen molar-refractivity contribution in [1.29, 1.82) is 0 Å². The smallest absolute Gasteiger partial charge is 0.0617 e. The Morgan fingerprint density at radius 1 is 1.45 bits per heavy atom. The summed E-state index contributed by atoms with van der Waals surface area (Å²) in [5.74, 6) is 1.83. The van der Waals surface area contributed by atoms with Crippen LogP contribution in [0, 0.1) is 11.8 Å². The lowest BCUT2D eigenvalue weighted by Crippen LogP contribution is -2.52. The van der Waals surface area contributed by atoms with E-state index in [0.29, 0.717) is 6.10 Å². The second kappa shape index (κ2) is 2.76. The Morgan fingerprint density at radius 3 is 3.00 bits per heavy atom. The molecule has 1 heterocycles. The third-order valence-electron chi connectivity index (χ3n) is 3.32. The van der Waals surface area contributed by atoms with Gasteiger partial charge >= 0.3 is 0 Å². The van der Waals surface area contributed by atoms with Gasteiger partial charge in [0.25, 0.3) is 0 Å². The summed E-state index contributed by atoms with van der Waals surface area (Å²) in [4.78, 5) is 2.42. The molecule has 0 aromatic rings. The lowest BCUT2D eigenvalue weighted by atomic mass is 9.67. The molecule has 2 fully saturated rings. The maximum Gasteiger partial charge on any atom is 0.0617 e. The largest absolute Gasteiger partial charge is 0.381 e. The molecule has 11 heavy (non-hydrogen) atoms. The van der Waals surface area contributed by atoms with E-state index in [1.165, 1.54) is 25.9 Å². The molecule has 1 saturated carbocycles. The predicted octanol–water partition coefficient (Wildman–Crippen LogP) is 0.973. The van der Waals surface area contributed by atoms with Crippen molar-refractivity contribution in [2.45, 2.75) is 18.9 Å². The lowest BCUT2D eigenvalue weighted by molar-refractivity contribution is -0.0951. The van der Waals surface area contributed by atoms with E-state index in [0.717, 1.165) is 11.8 Å². The topological polar surface area (TPSA) is 12.5 Å². The third-order valence-corrected chi connectivity index (χ3v) is 3.32. The van der Waals surface area contributed by atoms with Crippen molar-refractivity contribution in [1.82, 2.24) is 4.90 Å². The Hall–Kier alpha value is -0.0800. The monoisotopic (exact) mass is 155 g/mol. The van der Waals surface area contributed by atoms with E-state index in [9.17, 15) is 0 Å². The highest BCUT2D eigenvalue weighted by Crippen LogP contribution is 2.41. The van der Waals surface area contributed by atoms with E-state index < -0.39 is 0 Å². The minimum absolute atomic E-state index is 0.572. The number of likely N-dealkylation sites (tertiary alicyclic amines) is 1. The number of ether oxygens (including phenoxy) is 1. The molecule has 1 aliphatic heterocycles. The summed E-state index contributed by atoms with van der Waals surface area (Å²) in [6, 6.07) is 0. The fourth-order valence-electron chi connectivity index (χ4n) is 2.46. The van der Waals surface area contributed by atoms with Crippen molar-refractivity contribution in [3.8, 4) is 0 Å². The van der Waals surface area contributed by atoms with E-state index in [2.05, 4.69) is 11.9 Å². The molecule has 3 atom stereocenters. The molecule has 64 valence electrons. The van der Waals surface area contributed by atoms with Crippen LogP contribution in [0.5, 0.6) is 0 Å². The Kier molecular flexibility index (Phi) is 1.90. The molecule has 1 saturated heterocycles. The summed E-state index contributed by atoms with van der Waals surface area (Å²) < 4.78 is 5.38. The second-order valence-corrected chi connectivity index (χ2v) is 3.98. The van der Waals surface area contributed by atoms with Gasteiger partial charge in [-0.25, -0.2) is 0 Å². The van der Waals surface area contributed by atoms with Crippen LogP contribution >= 0.6 is 0 Å². The number of hydrogen-bond acceptors (Lipinski definition) is 2. The SMILES string of the molecule is COC1C[C@@H]2CCN(C)C[C@H]12. The normalized spacial score (nSPS) is 44.7. The zero-order valence-electron chi connectivity index (χ0n) is 7.42. The molecular weight excluding hydrogens is 138 g/mol. The summed E-state index contributed by atoms with van der Waals surface area (Å²) in [5.41, 5.74) is 0. The molecule has 2 aliphatic rings. The van der Waals surface area contributed by atoms with Crippen LogP contribution in [0.15, 0.2) is 0 Å². The van der Waals surface area contributed by atoms with Crippen LogP contribution in [0.2, 0.25) is 0 Å². The summed E-state index contributed by atoms with van der Waals surface area (Å²) in [7, 11) is 4.05. The number of methoxy groups -OCH3 is 1. The first-order chi connectivity index (χ1) is 5.31. The summed E-state index contributed by atoms with van der Waals surface area (Å²) in [6.45, 7) is 2.54. The number of hydrogen-bond donors (Lipinski definition) is 0. The van der Waals surface area contributed by atoms with Gasteiger partial charge in [0.15, 0.2) is 0 Å². The van der Waals surface area contributed by atoms with Crippen LogP contribution in [0.1, 0.15) is 12.8 Å². The zero-order chi connectivity index (χ0) is 7.84. The summed E-state index contributed by atoms with van der Waals surface area (Å²) in [6.07, 6.45) is 3.28. The highest BCUT2D eigenvalue weighted by Gasteiger charge is 2.43. The van der Waals surface area contributed by atoms with Crippen molar-refractivity contribution in [3.05, 3.63) is 0 Å². The van der Waals surface area contributed by atoms with Crippen molar-refractivity contribution in [2.24, 2.45) is 11.8 Å². The second-order valence-electron chi connectivity index (χ2n) is 3.98. The number of rotatable bonds is 1. The van der Waals surface area contributed by atoms with E-state index >= 15 is 0 Å². The molecule has 0 amide bonds. The van der Waals surface area contributed by atoms with Gasteiger partial charge in [-0.2, -0.15) is 0 Å². The molecular formula is C9H17NO. The van der Waals surface area contributed by atoms with E-state index in [1.54, 1.807) is 0 Å². The Labute approximate surface area is 68.5 Å². The Morgan fingerprint density at radius 2 is 2.27 bits per heavy atom. The molecule has 0 aromatic heterocycles. The van der Waals surface area contributed by atoms with Gasteiger partial charge in [-0.05, 0) is 32.4 Å². The highest BCUT2D eigenvalue weighted by atomic mass is 16.5. The molecule has 0 spiro atoms. The average molecular weight is 155 g/mol. The van der Waals surface area contributed by atoms with Gasteiger partial charge in [-0.3, -0.25) is 0 Å². The van der Waals surface area contributed by atoms with Gasteiger partial charge in [0, 0.05) is 19.6 Å². The Bertz CT molecular complexity index is 142. The molecule has 2 heteroatoms. The van der Waals surface area contributed by atoms with Gasteiger partial charge in [-0.15, -0.1) is 0 Å². The average Bonchev–Trinajstić information content (AvgIpc) is 1.97. The van der Waals surface area contributed by atoms with Gasteiger partial charge in [0.05, 0.1) is 6.10 Å². The molecule has 1 aliphatic carbocycles.